The Morgan fingerprint density at radius 3 is 2.45 bits per heavy atom. The molecule has 1 aliphatic heterocycles. The van der Waals surface area contributed by atoms with E-state index in [2.05, 4.69) is 4.98 Å². The van der Waals surface area contributed by atoms with E-state index >= 15 is 0 Å². The van der Waals surface area contributed by atoms with Crippen molar-refractivity contribution >= 4 is 23.8 Å². The third-order valence-corrected chi connectivity index (χ3v) is 6.00. The van der Waals surface area contributed by atoms with Gasteiger partial charge in [-0.1, -0.05) is 12.1 Å². The standard InChI is InChI=1S/C23H29N3O4S/c1-16(2)30-23(28)26-11-9-17(10-12-26)14-29-19-5-8-21(25-13-19)18-3-6-20(7-4-18)31-15-22(24)27/h3-8,13,16-17H,9-12,14-15H2,1-2H3,(H2,24,27). The van der Waals surface area contributed by atoms with Crippen LogP contribution in [0.3, 0.4) is 0 Å². The molecule has 0 aliphatic carbocycles. The summed E-state index contributed by atoms with van der Waals surface area (Å²) in [5.74, 6) is 1.09. The van der Waals surface area contributed by atoms with Crippen LogP contribution in [0.25, 0.3) is 11.3 Å². The molecule has 1 aromatic carbocycles. The molecular weight excluding hydrogens is 414 g/mol. The number of nitrogens with two attached hydrogens (primary N) is 1. The first kappa shape index (κ1) is 22.9. The van der Waals surface area contributed by atoms with Gasteiger partial charge in [0, 0.05) is 23.5 Å². The third-order valence-electron chi connectivity index (χ3n) is 4.96. The Labute approximate surface area is 187 Å². The normalized spacial score (nSPS) is 14.5. The van der Waals surface area contributed by atoms with Crippen LogP contribution in [0.2, 0.25) is 0 Å². The molecule has 0 atom stereocenters. The van der Waals surface area contributed by atoms with Crippen LogP contribution in [-0.2, 0) is 9.53 Å². The van der Waals surface area contributed by atoms with Crippen molar-refractivity contribution in [3.05, 3.63) is 42.6 Å². The van der Waals surface area contributed by atoms with Crippen LogP contribution in [0.4, 0.5) is 4.79 Å². The molecule has 0 bridgehead atoms. The number of amides is 2. The van der Waals surface area contributed by atoms with Gasteiger partial charge in [0.2, 0.25) is 5.91 Å². The van der Waals surface area contributed by atoms with Crippen LogP contribution < -0.4 is 10.5 Å². The van der Waals surface area contributed by atoms with Crippen LogP contribution >= 0.6 is 11.8 Å². The first-order valence-electron chi connectivity index (χ1n) is 10.5. The Bertz CT molecular complexity index is 863. The van der Waals surface area contributed by atoms with Gasteiger partial charge in [-0.2, -0.15) is 0 Å². The minimum Gasteiger partial charge on any atom is -0.492 e. The van der Waals surface area contributed by atoms with E-state index in [9.17, 15) is 9.59 Å². The minimum absolute atomic E-state index is 0.0947. The fourth-order valence-corrected chi connectivity index (χ4v) is 3.92. The first-order chi connectivity index (χ1) is 14.9. The van der Waals surface area contributed by atoms with E-state index in [1.54, 1.807) is 11.1 Å². The Balaban J connectivity index is 1.45. The van der Waals surface area contributed by atoms with Gasteiger partial charge in [-0.3, -0.25) is 9.78 Å². The second-order valence-corrected chi connectivity index (χ2v) is 8.88. The van der Waals surface area contributed by atoms with Crippen molar-refractivity contribution in [2.75, 3.05) is 25.4 Å². The highest BCUT2D eigenvalue weighted by atomic mass is 32.2. The highest BCUT2D eigenvalue weighted by molar-refractivity contribution is 8.00. The minimum atomic E-state index is -0.328. The number of ether oxygens (including phenoxy) is 2. The van der Waals surface area contributed by atoms with Crippen molar-refractivity contribution in [3.8, 4) is 17.0 Å². The summed E-state index contributed by atoms with van der Waals surface area (Å²) in [6, 6.07) is 11.7. The van der Waals surface area contributed by atoms with Crippen molar-refractivity contribution in [3.63, 3.8) is 0 Å². The van der Waals surface area contributed by atoms with Crippen molar-refractivity contribution in [2.45, 2.75) is 37.7 Å². The van der Waals surface area contributed by atoms with E-state index in [4.69, 9.17) is 15.2 Å². The summed E-state index contributed by atoms with van der Waals surface area (Å²) in [7, 11) is 0. The van der Waals surface area contributed by atoms with E-state index in [0.29, 0.717) is 25.6 Å². The molecule has 0 spiro atoms. The molecule has 1 saturated heterocycles. The Morgan fingerprint density at radius 1 is 1.16 bits per heavy atom. The van der Waals surface area contributed by atoms with Crippen molar-refractivity contribution in [1.29, 1.82) is 0 Å². The molecule has 1 aromatic heterocycles. The van der Waals surface area contributed by atoms with E-state index in [0.717, 1.165) is 34.7 Å². The second kappa shape index (κ2) is 11.0. The number of hydrogen-bond donors (Lipinski definition) is 1. The smallest absolute Gasteiger partial charge is 0.410 e. The van der Waals surface area contributed by atoms with Gasteiger partial charge in [0.25, 0.3) is 0 Å². The van der Waals surface area contributed by atoms with Crippen LogP contribution in [0.5, 0.6) is 5.75 Å². The fraction of sp³-hybridized carbons (Fsp3) is 0.435. The summed E-state index contributed by atoms with van der Waals surface area (Å²) < 4.78 is 11.2. The van der Waals surface area contributed by atoms with Gasteiger partial charge >= 0.3 is 6.09 Å². The maximum atomic E-state index is 12.0. The van der Waals surface area contributed by atoms with Crippen LogP contribution in [0.15, 0.2) is 47.5 Å². The number of primary amides is 1. The number of carbonyl (C=O) groups is 2. The first-order valence-corrected chi connectivity index (χ1v) is 11.4. The molecule has 0 saturated carbocycles. The summed E-state index contributed by atoms with van der Waals surface area (Å²) in [5.41, 5.74) is 7.03. The van der Waals surface area contributed by atoms with Crippen molar-refractivity contribution < 1.29 is 19.1 Å². The molecular formula is C23H29N3O4S. The van der Waals surface area contributed by atoms with Crippen LogP contribution in [0, 0.1) is 5.92 Å². The summed E-state index contributed by atoms with van der Waals surface area (Å²) in [5, 5.41) is 0. The quantitative estimate of drug-likeness (QED) is 0.621. The maximum absolute atomic E-state index is 12.0. The summed E-state index contributed by atoms with van der Waals surface area (Å²) in [6.07, 6.45) is 3.22. The predicted octanol–water partition coefficient (Wildman–Crippen LogP) is 3.96. The molecule has 2 aromatic rings. The number of benzene rings is 1. The molecule has 2 amide bonds. The lowest BCUT2D eigenvalue weighted by Crippen LogP contribution is -2.40. The highest BCUT2D eigenvalue weighted by Gasteiger charge is 2.24. The Hall–Kier alpha value is -2.74. The number of hydrogen-bond acceptors (Lipinski definition) is 6. The van der Waals surface area contributed by atoms with Gasteiger partial charge in [-0.05, 0) is 56.9 Å². The molecule has 1 aliphatic rings. The number of likely N-dealkylation sites (tertiary alicyclic amines) is 1. The topological polar surface area (TPSA) is 94.7 Å². The molecule has 166 valence electrons. The molecule has 0 radical (unpaired) electrons. The lowest BCUT2D eigenvalue weighted by molar-refractivity contribution is -0.115. The molecule has 2 heterocycles. The van der Waals surface area contributed by atoms with E-state index in [1.807, 2.05) is 50.2 Å². The molecule has 0 unspecified atom stereocenters. The van der Waals surface area contributed by atoms with Gasteiger partial charge in [-0.15, -0.1) is 11.8 Å². The van der Waals surface area contributed by atoms with Crippen molar-refractivity contribution in [2.24, 2.45) is 11.7 Å². The number of rotatable bonds is 8. The fourth-order valence-electron chi connectivity index (χ4n) is 3.29. The van der Waals surface area contributed by atoms with E-state index in [1.165, 1.54) is 11.8 Å². The summed E-state index contributed by atoms with van der Waals surface area (Å²) in [6.45, 7) is 5.73. The van der Waals surface area contributed by atoms with Gasteiger partial charge in [0.15, 0.2) is 0 Å². The average Bonchev–Trinajstić information content (AvgIpc) is 2.77. The van der Waals surface area contributed by atoms with E-state index < -0.39 is 0 Å². The third kappa shape index (κ3) is 7.17. The maximum Gasteiger partial charge on any atom is 0.410 e. The molecule has 1 fully saturated rings. The monoisotopic (exact) mass is 443 g/mol. The summed E-state index contributed by atoms with van der Waals surface area (Å²) in [4.78, 5) is 30.1. The zero-order valence-corrected chi connectivity index (χ0v) is 18.8. The SMILES string of the molecule is CC(C)OC(=O)N1CCC(COc2ccc(-c3ccc(SCC(N)=O)cc3)nc2)CC1. The molecule has 3 rings (SSSR count). The number of nitrogens with zero attached hydrogens (tertiary/aromatic N) is 2. The molecule has 31 heavy (non-hydrogen) atoms. The van der Waals surface area contributed by atoms with Crippen LogP contribution in [0.1, 0.15) is 26.7 Å². The number of carbonyl (C=O) groups excluding carboxylic acids is 2. The van der Waals surface area contributed by atoms with E-state index in [-0.39, 0.29) is 23.9 Å². The lowest BCUT2D eigenvalue weighted by atomic mass is 9.98. The average molecular weight is 444 g/mol. The second-order valence-electron chi connectivity index (χ2n) is 7.83. The number of aromatic nitrogens is 1. The molecule has 8 heteroatoms. The van der Waals surface area contributed by atoms with Gasteiger partial charge in [-0.25, -0.2) is 4.79 Å². The highest BCUT2D eigenvalue weighted by Crippen LogP contribution is 2.25. The number of thioether (sulfide) groups is 1. The number of pyridine rings is 1. The Morgan fingerprint density at radius 2 is 1.87 bits per heavy atom. The largest absolute Gasteiger partial charge is 0.492 e. The predicted molar refractivity (Wildman–Crippen MR) is 121 cm³/mol. The zero-order valence-electron chi connectivity index (χ0n) is 18.0. The molecule has 2 N–H and O–H groups in total. The lowest BCUT2D eigenvalue weighted by Gasteiger charge is -2.31. The number of piperidine rings is 1. The van der Waals surface area contributed by atoms with Gasteiger partial charge in [0.05, 0.1) is 30.4 Å². The van der Waals surface area contributed by atoms with Gasteiger partial charge < -0.3 is 20.1 Å². The van der Waals surface area contributed by atoms with Crippen molar-refractivity contribution in [1.82, 2.24) is 9.88 Å². The zero-order chi connectivity index (χ0) is 22.2. The van der Waals surface area contributed by atoms with Crippen LogP contribution in [-0.4, -0.2) is 53.4 Å². The van der Waals surface area contributed by atoms with Gasteiger partial charge in [0.1, 0.15) is 5.75 Å². The molecule has 7 nitrogen and oxygen atoms in total. The Kier molecular flexibility index (Phi) is 8.17. The summed E-state index contributed by atoms with van der Waals surface area (Å²) >= 11 is 1.42.